The van der Waals surface area contributed by atoms with E-state index in [4.69, 9.17) is 14.2 Å². The highest BCUT2D eigenvalue weighted by Crippen LogP contribution is 2.33. The summed E-state index contributed by atoms with van der Waals surface area (Å²) in [6, 6.07) is 19.5. The van der Waals surface area contributed by atoms with Gasteiger partial charge in [0.2, 0.25) is 0 Å². The topological polar surface area (TPSA) is 114 Å². The van der Waals surface area contributed by atoms with Crippen LogP contribution in [0.25, 0.3) is 0 Å². The molecular formula is C27H23N3O5. The van der Waals surface area contributed by atoms with Crippen LogP contribution in [0.5, 0.6) is 0 Å². The Kier molecular flexibility index (Phi) is 6.96. The second kappa shape index (κ2) is 10.3. The average molecular weight is 469 g/mol. The van der Waals surface area contributed by atoms with Crippen molar-refractivity contribution in [3.05, 3.63) is 94.3 Å². The summed E-state index contributed by atoms with van der Waals surface area (Å²) in [5.74, 6) is -1.05. The molecule has 35 heavy (non-hydrogen) atoms. The van der Waals surface area contributed by atoms with Crippen molar-refractivity contribution < 1.29 is 23.8 Å². The number of esters is 2. The van der Waals surface area contributed by atoms with Crippen LogP contribution in [0.15, 0.2) is 60.8 Å². The van der Waals surface area contributed by atoms with E-state index in [1.54, 1.807) is 24.3 Å². The van der Waals surface area contributed by atoms with Gasteiger partial charge in [0.25, 0.3) is 0 Å². The van der Waals surface area contributed by atoms with E-state index in [0.29, 0.717) is 16.7 Å². The van der Waals surface area contributed by atoms with Crippen molar-refractivity contribution in [1.82, 2.24) is 4.57 Å². The van der Waals surface area contributed by atoms with Gasteiger partial charge in [0, 0.05) is 12.6 Å². The lowest BCUT2D eigenvalue weighted by molar-refractivity contribution is -0.0572. The maximum absolute atomic E-state index is 12.8. The number of benzene rings is 2. The van der Waals surface area contributed by atoms with Crippen LogP contribution in [0.4, 0.5) is 0 Å². The van der Waals surface area contributed by atoms with E-state index in [2.05, 4.69) is 0 Å². The minimum atomic E-state index is -0.761. The van der Waals surface area contributed by atoms with Gasteiger partial charge in [-0.2, -0.15) is 10.5 Å². The van der Waals surface area contributed by atoms with Gasteiger partial charge in [-0.15, -0.1) is 0 Å². The summed E-state index contributed by atoms with van der Waals surface area (Å²) in [7, 11) is 0. The number of aromatic nitrogens is 1. The summed E-state index contributed by atoms with van der Waals surface area (Å²) in [5, 5.41) is 18.7. The molecule has 0 spiro atoms. The first-order chi connectivity index (χ1) is 16.9. The van der Waals surface area contributed by atoms with Gasteiger partial charge in [-0.1, -0.05) is 35.4 Å². The number of rotatable bonds is 6. The van der Waals surface area contributed by atoms with Gasteiger partial charge in [0.05, 0.1) is 16.7 Å². The van der Waals surface area contributed by atoms with Gasteiger partial charge < -0.3 is 18.8 Å². The standard InChI is InChI=1S/C27H23N3O5/c1-17-3-7-20(8-4-17)26(31)33-16-24-23(35-27(32)21-9-5-18(2)6-10-21)12-25(34-24)30-15-19(13-28)11-22(30)14-29/h3-11,15,23-25H,12,16H2,1-2H3/t23-,24+,25+/m0/s1. The van der Waals surface area contributed by atoms with Crippen molar-refractivity contribution in [2.75, 3.05) is 6.61 Å². The molecule has 8 heteroatoms. The van der Waals surface area contributed by atoms with Gasteiger partial charge in [-0.25, -0.2) is 9.59 Å². The van der Waals surface area contributed by atoms with Crippen LogP contribution in [0, 0.1) is 36.5 Å². The summed E-state index contributed by atoms with van der Waals surface area (Å²) in [4.78, 5) is 25.3. The van der Waals surface area contributed by atoms with Gasteiger partial charge in [0.1, 0.15) is 42.9 Å². The lowest BCUT2D eigenvalue weighted by Gasteiger charge is -2.19. The molecule has 3 atom stereocenters. The fraction of sp³-hybridized carbons (Fsp3) is 0.259. The van der Waals surface area contributed by atoms with Gasteiger partial charge in [-0.05, 0) is 44.2 Å². The largest absolute Gasteiger partial charge is 0.459 e. The molecule has 0 N–H and O–H groups in total. The number of nitriles is 2. The molecule has 1 aromatic heterocycles. The van der Waals surface area contributed by atoms with Crippen molar-refractivity contribution in [1.29, 1.82) is 10.5 Å². The van der Waals surface area contributed by atoms with Gasteiger partial charge in [0.15, 0.2) is 0 Å². The van der Waals surface area contributed by atoms with Crippen LogP contribution in [0.3, 0.4) is 0 Å². The Bertz CT molecular complexity index is 1310. The van der Waals surface area contributed by atoms with E-state index >= 15 is 0 Å². The number of hydrogen-bond acceptors (Lipinski definition) is 7. The minimum Gasteiger partial charge on any atom is -0.459 e. The fourth-order valence-electron chi connectivity index (χ4n) is 3.84. The Labute approximate surface area is 202 Å². The van der Waals surface area contributed by atoms with Crippen molar-refractivity contribution in [2.24, 2.45) is 0 Å². The SMILES string of the molecule is Cc1ccc(C(=O)OC[C@H]2O[C@@H](n3cc(C#N)cc3C#N)C[C@@H]2OC(=O)c2ccc(C)cc2)cc1. The molecule has 0 aliphatic carbocycles. The van der Waals surface area contributed by atoms with Crippen molar-refractivity contribution in [3.63, 3.8) is 0 Å². The van der Waals surface area contributed by atoms with Crippen LogP contribution < -0.4 is 0 Å². The summed E-state index contributed by atoms with van der Waals surface area (Å²) in [6.07, 6.45) is -0.436. The molecule has 0 unspecified atom stereocenters. The zero-order valence-electron chi connectivity index (χ0n) is 19.3. The Morgan fingerprint density at radius 3 is 2.14 bits per heavy atom. The summed E-state index contributed by atoms with van der Waals surface area (Å²) >= 11 is 0. The maximum Gasteiger partial charge on any atom is 0.338 e. The van der Waals surface area contributed by atoms with Crippen molar-refractivity contribution in [3.8, 4) is 12.1 Å². The van der Waals surface area contributed by atoms with E-state index in [1.807, 2.05) is 50.3 Å². The fourth-order valence-corrected chi connectivity index (χ4v) is 3.84. The number of carbonyl (C=O) groups is 2. The molecule has 1 saturated heterocycles. The first-order valence-corrected chi connectivity index (χ1v) is 11.1. The van der Waals surface area contributed by atoms with Crippen LogP contribution in [0.1, 0.15) is 55.7 Å². The molecule has 8 nitrogen and oxygen atoms in total. The predicted molar refractivity (Wildman–Crippen MR) is 124 cm³/mol. The highest BCUT2D eigenvalue weighted by molar-refractivity contribution is 5.90. The molecule has 2 heterocycles. The molecule has 4 rings (SSSR count). The molecule has 2 aromatic carbocycles. The molecule has 1 fully saturated rings. The van der Waals surface area contributed by atoms with E-state index < -0.39 is 30.4 Å². The Morgan fingerprint density at radius 2 is 1.57 bits per heavy atom. The zero-order valence-corrected chi connectivity index (χ0v) is 19.3. The van der Waals surface area contributed by atoms with E-state index in [0.717, 1.165) is 11.1 Å². The third kappa shape index (κ3) is 5.40. The number of carbonyl (C=O) groups excluding carboxylic acids is 2. The monoisotopic (exact) mass is 469 g/mol. The second-order valence-electron chi connectivity index (χ2n) is 8.38. The summed E-state index contributed by atoms with van der Waals surface area (Å²) < 4.78 is 18.8. The van der Waals surface area contributed by atoms with E-state index in [9.17, 15) is 20.1 Å². The Hall–Kier alpha value is -4.40. The van der Waals surface area contributed by atoms with E-state index in [-0.39, 0.29) is 18.7 Å². The van der Waals surface area contributed by atoms with Crippen LogP contribution in [-0.2, 0) is 14.2 Å². The third-order valence-electron chi connectivity index (χ3n) is 5.79. The highest BCUT2D eigenvalue weighted by atomic mass is 16.6. The Balaban J connectivity index is 1.52. The molecular weight excluding hydrogens is 446 g/mol. The first kappa shape index (κ1) is 23.7. The minimum absolute atomic E-state index is 0.149. The predicted octanol–water partition coefficient (Wildman–Crippen LogP) is 4.22. The lowest BCUT2D eigenvalue weighted by atomic mass is 10.1. The third-order valence-corrected chi connectivity index (χ3v) is 5.79. The smallest absolute Gasteiger partial charge is 0.338 e. The molecule has 1 aliphatic rings. The van der Waals surface area contributed by atoms with Crippen LogP contribution in [0.2, 0.25) is 0 Å². The van der Waals surface area contributed by atoms with Crippen LogP contribution in [-0.4, -0.2) is 35.3 Å². The van der Waals surface area contributed by atoms with Crippen LogP contribution >= 0.6 is 0 Å². The summed E-state index contributed by atoms with van der Waals surface area (Å²) in [5.41, 5.74) is 3.37. The number of nitrogens with zero attached hydrogens (tertiary/aromatic N) is 3. The average Bonchev–Trinajstić information content (AvgIpc) is 3.47. The normalized spacial score (nSPS) is 18.9. The second-order valence-corrected chi connectivity index (χ2v) is 8.38. The van der Waals surface area contributed by atoms with Gasteiger partial charge >= 0.3 is 11.9 Å². The molecule has 3 aromatic rings. The molecule has 1 aliphatic heterocycles. The summed E-state index contributed by atoms with van der Waals surface area (Å²) in [6.45, 7) is 3.69. The van der Waals surface area contributed by atoms with Gasteiger partial charge in [-0.3, -0.25) is 0 Å². The maximum atomic E-state index is 12.8. The quantitative estimate of drug-likeness (QED) is 0.497. The zero-order chi connectivity index (χ0) is 24.9. The lowest BCUT2D eigenvalue weighted by Crippen LogP contribution is -2.32. The highest BCUT2D eigenvalue weighted by Gasteiger charge is 2.40. The number of aryl methyl sites for hydroxylation is 2. The first-order valence-electron chi connectivity index (χ1n) is 11.1. The molecule has 0 amide bonds. The number of hydrogen-bond donors (Lipinski definition) is 0. The molecule has 176 valence electrons. The van der Waals surface area contributed by atoms with Crippen molar-refractivity contribution in [2.45, 2.75) is 38.7 Å². The Morgan fingerprint density at radius 1 is 0.971 bits per heavy atom. The molecule has 0 bridgehead atoms. The molecule has 0 radical (unpaired) electrons. The molecule has 0 saturated carbocycles. The van der Waals surface area contributed by atoms with E-state index in [1.165, 1.54) is 16.8 Å². The number of ether oxygens (including phenoxy) is 3. The van der Waals surface area contributed by atoms with Crippen molar-refractivity contribution >= 4 is 11.9 Å².